The van der Waals surface area contributed by atoms with E-state index in [1.807, 2.05) is 0 Å². The SMILES string of the molecule is Br.C1=Cc2ccccc2N2CN(Cc3ccccc3)C=C12. The van der Waals surface area contributed by atoms with Crippen molar-refractivity contribution in [1.29, 1.82) is 0 Å². The van der Waals surface area contributed by atoms with Crippen LogP contribution in [-0.2, 0) is 6.54 Å². The number of rotatable bonds is 2. The number of hydrogen-bond acceptors (Lipinski definition) is 2. The molecule has 0 aromatic heterocycles. The monoisotopic (exact) mass is 340 g/mol. The summed E-state index contributed by atoms with van der Waals surface area (Å²) in [5, 5.41) is 0. The van der Waals surface area contributed by atoms with Gasteiger partial charge in [0.05, 0.1) is 18.1 Å². The minimum atomic E-state index is 0. The molecule has 2 aromatic carbocycles. The molecule has 106 valence electrons. The Kier molecular flexibility index (Phi) is 3.84. The summed E-state index contributed by atoms with van der Waals surface area (Å²) >= 11 is 0. The second-order valence-electron chi connectivity index (χ2n) is 5.25. The molecule has 0 atom stereocenters. The van der Waals surface area contributed by atoms with Gasteiger partial charge in [-0.15, -0.1) is 17.0 Å². The molecule has 0 N–H and O–H groups in total. The number of allylic oxidation sites excluding steroid dienone is 1. The van der Waals surface area contributed by atoms with Crippen LogP contribution in [0.25, 0.3) is 6.08 Å². The maximum absolute atomic E-state index is 2.37. The van der Waals surface area contributed by atoms with Gasteiger partial charge in [0, 0.05) is 12.7 Å². The van der Waals surface area contributed by atoms with Gasteiger partial charge in [0.15, 0.2) is 0 Å². The van der Waals surface area contributed by atoms with Gasteiger partial charge in [0.25, 0.3) is 0 Å². The van der Waals surface area contributed by atoms with Gasteiger partial charge in [-0.1, -0.05) is 54.6 Å². The molecule has 0 fully saturated rings. The standard InChI is InChI=1S/C18H16N2.BrH/c1-2-6-15(7-3-1)12-19-13-17-11-10-16-8-4-5-9-18(16)20(17)14-19;/h1-11,13H,12,14H2;1H. The predicted molar refractivity (Wildman–Crippen MR) is 93.2 cm³/mol. The van der Waals surface area contributed by atoms with Crippen LogP contribution in [0.4, 0.5) is 5.69 Å². The number of fused-ring (bicyclic) bond motifs is 3. The lowest BCUT2D eigenvalue weighted by atomic mass is 10.1. The van der Waals surface area contributed by atoms with E-state index in [-0.39, 0.29) is 17.0 Å². The molecule has 21 heavy (non-hydrogen) atoms. The van der Waals surface area contributed by atoms with E-state index in [0.29, 0.717) is 0 Å². The van der Waals surface area contributed by atoms with Crippen molar-refractivity contribution < 1.29 is 0 Å². The van der Waals surface area contributed by atoms with E-state index in [9.17, 15) is 0 Å². The molecule has 0 spiro atoms. The Bertz CT molecular complexity index is 691. The molecule has 4 rings (SSSR count). The first-order valence-corrected chi connectivity index (χ1v) is 6.95. The van der Waals surface area contributed by atoms with Crippen LogP contribution in [0.1, 0.15) is 11.1 Å². The first-order chi connectivity index (χ1) is 9.90. The van der Waals surface area contributed by atoms with E-state index in [1.165, 1.54) is 22.5 Å². The van der Waals surface area contributed by atoms with Gasteiger partial charge in [-0.3, -0.25) is 0 Å². The third-order valence-corrected chi connectivity index (χ3v) is 3.84. The van der Waals surface area contributed by atoms with Gasteiger partial charge < -0.3 is 9.80 Å². The van der Waals surface area contributed by atoms with Crippen molar-refractivity contribution in [2.45, 2.75) is 6.54 Å². The number of halogens is 1. The first-order valence-electron chi connectivity index (χ1n) is 6.95. The van der Waals surface area contributed by atoms with E-state index in [4.69, 9.17) is 0 Å². The zero-order chi connectivity index (χ0) is 13.4. The summed E-state index contributed by atoms with van der Waals surface area (Å²) in [4.78, 5) is 4.73. The van der Waals surface area contributed by atoms with Crippen molar-refractivity contribution in [2.75, 3.05) is 11.6 Å². The summed E-state index contributed by atoms with van der Waals surface area (Å²) in [6.45, 7) is 1.88. The van der Waals surface area contributed by atoms with Crippen LogP contribution in [0.15, 0.2) is 72.6 Å². The Morgan fingerprint density at radius 3 is 2.48 bits per heavy atom. The van der Waals surface area contributed by atoms with Crippen molar-refractivity contribution in [3.63, 3.8) is 0 Å². The molecule has 2 heterocycles. The average Bonchev–Trinajstić information content (AvgIpc) is 2.91. The molecule has 0 saturated heterocycles. The highest BCUT2D eigenvalue weighted by molar-refractivity contribution is 8.93. The molecule has 0 aliphatic carbocycles. The van der Waals surface area contributed by atoms with E-state index < -0.39 is 0 Å². The lowest BCUT2D eigenvalue weighted by molar-refractivity contribution is 0.400. The summed E-state index contributed by atoms with van der Waals surface area (Å²) in [6.07, 6.45) is 6.65. The Balaban J connectivity index is 0.00000132. The minimum Gasteiger partial charge on any atom is -0.353 e. The number of anilines is 1. The fraction of sp³-hybridized carbons (Fsp3) is 0.111. The third kappa shape index (κ3) is 2.61. The van der Waals surface area contributed by atoms with Gasteiger partial charge >= 0.3 is 0 Å². The van der Waals surface area contributed by atoms with Crippen molar-refractivity contribution in [2.24, 2.45) is 0 Å². The summed E-state index contributed by atoms with van der Waals surface area (Å²) in [5.74, 6) is 0. The maximum atomic E-state index is 2.37. The largest absolute Gasteiger partial charge is 0.353 e. The summed E-state index contributed by atoms with van der Waals surface area (Å²) in [7, 11) is 0. The van der Waals surface area contributed by atoms with E-state index in [1.54, 1.807) is 0 Å². The highest BCUT2D eigenvalue weighted by Crippen LogP contribution is 2.34. The zero-order valence-electron chi connectivity index (χ0n) is 11.6. The molecule has 0 saturated carbocycles. The first kappa shape index (κ1) is 14.0. The maximum Gasteiger partial charge on any atom is 0.0951 e. The molecule has 2 nitrogen and oxygen atoms in total. The predicted octanol–water partition coefficient (Wildman–Crippen LogP) is 4.41. The van der Waals surface area contributed by atoms with Gasteiger partial charge in [-0.25, -0.2) is 0 Å². The zero-order valence-corrected chi connectivity index (χ0v) is 13.4. The molecule has 0 bridgehead atoms. The normalized spacial score (nSPS) is 15.1. The smallest absolute Gasteiger partial charge is 0.0951 e. The Hall–Kier alpha value is -2.00. The Morgan fingerprint density at radius 2 is 1.62 bits per heavy atom. The minimum absolute atomic E-state index is 0. The second-order valence-corrected chi connectivity index (χ2v) is 5.25. The Morgan fingerprint density at radius 1 is 0.857 bits per heavy atom. The van der Waals surface area contributed by atoms with Crippen molar-refractivity contribution >= 4 is 28.7 Å². The van der Waals surface area contributed by atoms with Gasteiger partial charge in [0.2, 0.25) is 0 Å². The fourth-order valence-electron chi connectivity index (χ4n) is 2.87. The van der Waals surface area contributed by atoms with Crippen LogP contribution in [0.5, 0.6) is 0 Å². The van der Waals surface area contributed by atoms with Crippen LogP contribution in [0.3, 0.4) is 0 Å². The molecule has 0 radical (unpaired) electrons. The summed E-state index contributed by atoms with van der Waals surface area (Å²) in [6, 6.07) is 19.2. The third-order valence-electron chi connectivity index (χ3n) is 3.84. The topological polar surface area (TPSA) is 6.48 Å². The molecular formula is C18H17BrN2. The van der Waals surface area contributed by atoms with Crippen LogP contribution in [0, 0.1) is 0 Å². The van der Waals surface area contributed by atoms with Crippen molar-refractivity contribution in [1.82, 2.24) is 4.90 Å². The molecule has 2 aromatic rings. The fourth-order valence-corrected chi connectivity index (χ4v) is 2.87. The second kappa shape index (κ2) is 5.78. The quantitative estimate of drug-likeness (QED) is 0.798. The van der Waals surface area contributed by atoms with E-state index >= 15 is 0 Å². The molecule has 2 aliphatic rings. The number of nitrogens with zero attached hydrogens (tertiary/aromatic N) is 2. The number of para-hydroxylation sites is 1. The molecule has 0 amide bonds. The van der Waals surface area contributed by atoms with Crippen LogP contribution in [0.2, 0.25) is 0 Å². The lowest BCUT2D eigenvalue weighted by Crippen LogP contribution is -2.27. The van der Waals surface area contributed by atoms with Gasteiger partial charge in [0.1, 0.15) is 0 Å². The molecule has 2 aliphatic heterocycles. The lowest BCUT2D eigenvalue weighted by Gasteiger charge is -2.27. The van der Waals surface area contributed by atoms with Crippen LogP contribution in [-0.4, -0.2) is 11.6 Å². The van der Waals surface area contributed by atoms with Crippen molar-refractivity contribution in [3.8, 4) is 0 Å². The molecular weight excluding hydrogens is 324 g/mol. The average molecular weight is 341 g/mol. The highest BCUT2D eigenvalue weighted by Gasteiger charge is 2.24. The number of hydrogen-bond donors (Lipinski definition) is 0. The van der Waals surface area contributed by atoms with Crippen LogP contribution < -0.4 is 4.90 Å². The van der Waals surface area contributed by atoms with Crippen molar-refractivity contribution in [3.05, 3.63) is 83.7 Å². The summed E-state index contributed by atoms with van der Waals surface area (Å²) in [5.41, 5.74) is 5.23. The highest BCUT2D eigenvalue weighted by atomic mass is 79.9. The van der Waals surface area contributed by atoms with E-state index in [2.05, 4.69) is 82.7 Å². The van der Waals surface area contributed by atoms with Gasteiger partial charge in [-0.2, -0.15) is 0 Å². The summed E-state index contributed by atoms with van der Waals surface area (Å²) < 4.78 is 0. The molecule has 0 unspecified atom stereocenters. The Labute approximate surface area is 135 Å². The van der Waals surface area contributed by atoms with Gasteiger partial charge in [-0.05, 0) is 23.3 Å². The van der Waals surface area contributed by atoms with E-state index in [0.717, 1.165) is 13.2 Å². The molecule has 3 heteroatoms. The number of benzene rings is 2. The van der Waals surface area contributed by atoms with Crippen LogP contribution >= 0.6 is 17.0 Å².